The molecule has 1 fully saturated rings. The van der Waals surface area contributed by atoms with Crippen LogP contribution in [0.2, 0.25) is 0 Å². The smallest absolute Gasteiger partial charge is 0.335 e. The molecule has 0 aromatic heterocycles. The summed E-state index contributed by atoms with van der Waals surface area (Å²) in [5.74, 6) is -3.06. The average molecular weight is 323 g/mol. The molecule has 0 heterocycles. The minimum atomic E-state index is -1.11. The molecule has 23 heavy (non-hydrogen) atoms. The van der Waals surface area contributed by atoms with Crippen LogP contribution in [0.3, 0.4) is 0 Å². The zero-order valence-corrected chi connectivity index (χ0v) is 12.9. The molecule has 0 atom stereocenters. The summed E-state index contributed by atoms with van der Waals surface area (Å²) < 4.78 is 0. The van der Waals surface area contributed by atoms with Gasteiger partial charge in [-0.1, -0.05) is 25.3 Å². The Bertz CT molecular complexity index is 572. The molecule has 1 aromatic rings. The predicted molar refractivity (Wildman–Crippen MR) is 82.7 cm³/mol. The van der Waals surface area contributed by atoms with Crippen molar-refractivity contribution in [3.05, 3.63) is 34.9 Å². The standard InChI is InChI=1S/C9H8O4.C7H13NO2/c1-5-6(8(10)11)3-2-4-7(5)9(12)13;8-7(6(9)10)4-2-1-3-5-7/h2-4H,1H3,(H,10,11)(H,12,13);1-5,8H2,(H,9,10). The molecule has 1 aliphatic rings. The van der Waals surface area contributed by atoms with E-state index < -0.39 is 23.4 Å². The van der Waals surface area contributed by atoms with Crippen LogP contribution >= 0.6 is 0 Å². The number of rotatable bonds is 3. The van der Waals surface area contributed by atoms with Gasteiger partial charge in [0, 0.05) is 0 Å². The highest BCUT2D eigenvalue weighted by atomic mass is 16.4. The highest BCUT2D eigenvalue weighted by molar-refractivity contribution is 5.96. The molecule has 0 unspecified atom stereocenters. The third-order valence-electron chi connectivity index (χ3n) is 3.97. The first-order valence-corrected chi connectivity index (χ1v) is 7.27. The van der Waals surface area contributed by atoms with E-state index in [-0.39, 0.29) is 16.7 Å². The Morgan fingerprint density at radius 2 is 1.39 bits per heavy atom. The van der Waals surface area contributed by atoms with E-state index in [1.165, 1.54) is 25.1 Å². The molecule has 1 aromatic carbocycles. The largest absolute Gasteiger partial charge is 0.480 e. The molecule has 7 heteroatoms. The van der Waals surface area contributed by atoms with Crippen molar-refractivity contribution < 1.29 is 29.7 Å². The van der Waals surface area contributed by atoms with Crippen molar-refractivity contribution in [2.24, 2.45) is 5.73 Å². The molecular formula is C16H21NO6. The lowest BCUT2D eigenvalue weighted by Gasteiger charge is -2.28. The first-order chi connectivity index (χ1) is 10.7. The fraction of sp³-hybridized carbons (Fsp3) is 0.438. The SMILES string of the molecule is Cc1c(C(=O)O)cccc1C(=O)O.NC1(C(=O)O)CCCCC1. The summed E-state index contributed by atoms with van der Waals surface area (Å²) in [7, 11) is 0. The lowest BCUT2D eigenvalue weighted by molar-refractivity contribution is -0.144. The molecule has 0 amide bonds. The molecule has 0 bridgehead atoms. The molecule has 0 aliphatic heterocycles. The van der Waals surface area contributed by atoms with Crippen molar-refractivity contribution in [1.82, 2.24) is 0 Å². The summed E-state index contributed by atoms with van der Waals surface area (Å²) in [6.45, 7) is 1.48. The number of benzene rings is 1. The third kappa shape index (κ3) is 4.79. The molecule has 126 valence electrons. The van der Waals surface area contributed by atoms with E-state index in [9.17, 15) is 14.4 Å². The number of carbonyl (C=O) groups is 3. The summed E-state index contributed by atoms with van der Waals surface area (Å²) in [6.07, 6.45) is 4.34. The van der Waals surface area contributed by atoms with E-state index in [1.54, 1.807) is 0 Å². The maximum atomic E-state index is 10.6. The van der Waals surface area contributed by atoms with Gasteiger partial charge in [0.2, 0.25) is 0 Å². The highest BCUT2D eigenvalue weighted by Gasteiger charge is 2.34. The van der Waals surface area contributed by atoms with Crippen molar-refractivity contribution in [2.75, 3.05) is 0 Å². The molecule has 0 radical (unpaired) electrons. The zero-order valence-electron chi connectivity index (χ0n) is 12.9. The van der Waals surface area contributed by atoms with Crippen LogP contribution in [0.4, 0.5) is 0 Å². The number of nitrogens with two attached hydrogens (primary N) is 1. The van der Waals surface area contributed by atoms with Gasteiger partial charge in [-0.2, -0.15) is 0 Å². The fourth-order valence-electron chi connectivity index (χ4n) is 2.50. The second-order valence-electron chi connectivity index (χ2n) is 5.61. The van der Waals surface area contributed by atoms with Crippen molar-refractivity contribution >= 4 is 17.9 Å². The summed E-state index contributed by atoms with van der Waals surface area (Å²) in [6, 6.07) is 4.17. The van der Waals surface area contributed by atoms with Crippen molar-refractivity contribution in [1.29, 1.82) is 0 Å². The van der Waals surface area contributed by atoms with Gasteiger partial charge in [-0.3, -0.25) is 4.79 Å². The first kappa shape index (κ1) is 18.6. The Balaban J connectivity index is 0.000000238. The lowest BCUT2D eigenvalue weighted by atomic mass is 9.83. The summed E-state index contributed by atoms with van der Waals surface area (Å²) >= 11 is 0. The van der Waals surface area contributed by atoms with Crippen LogP contribution in [-0.2, 0) is 4.79 Å². The zero-order chi connectivity index (χ0) is 17.6. The van der Waals surface area contributed by atoms with Crippen LogP contribution in [-0.4, -0.2) is 38.8 Å². The molecule has 7 nitrogen and oxygen atoms in total. The Morgan fingerprint density at radius 1 is 0.957 bits per heavy atom. The number of carboxylic acid groups (broad SMARTS) is 3. The van der Waals surface area contributed by atoms with Gasteiger partial charge in [-0.15, -0.1) is 0 Å². The van der Waals surface area contributed by atoms with Crippen LogP contribution in [0.25, 0.3) is 0 Å². The second-order valence-corrected chi connectivity index (χ2v) is 5.61. The van der Waals surface area contributed by atoms with Crippen LogP contribution in [0.5, 0.6) is 0 Å². The van der Waals surface area contributed by atoms with Gasteiger partial charge in [-0.25, -0.2) is 9.59 Å². The summed E-state index contributed by atoms with van der Waals surface area (Å²) in [5.41, 5.74) is 5.03. The highest BCUT2D eigenvalue weighted by Crippen LogP contribution is 2.25. The van der Waals surface area contributed by atoms with Gasteiger partial charge < -0.3 is 21.1 Å². The van der Waals surface area contributed by atoms with E-state index in [0.29, 0.717) is 12.8 Å². The minimum absolute atomic E-state index is 0.0277. The quantitative estimate of drug-likeness (QED) is 0.668. The van der Waals surface area contributed by atoms with Gasteiger partial charge in [-0.05, 0) is 37.5 Å². The van der Waals surface area contributed by atoms with Crippen molar-refractivity contribution in [3.63, 3.8) is 0 Å². The van der Waals surface area contributed by atoms with Crippen LogP contribution < -0.4 is 5.73 Å². The molecular weight excluding hydrogens is 302 g/mol. The van der Waals surface area contributed by atoms with Crippen LogP contribution in [0, 0.1) is 6.92 Å². The second kappa shape index (κ2) is 7.73. The topological polar surface area (TPSA) is 138 Å². The first-order valence-electron chi connectivity index (χ1n) is 7.27. The minimum Gasteiger partial charge on any atom is -0.480 e. The Morgan fingerprint density at radius 3 is 1.70 bits per heavy atom. The van der Waals surface area contributed by atoms with E-state index >= 15 is 0 Å². The number of carboxylic acids is 3. The normalized spacial score (nSPS) is 15.9. The summed E-state index contributed by atoms with van der Waals surface area (Å²) in [5, 5.41) is 26.0. The monoisotopic (exact) mass is 323 g/mol. The number of hydrogen-bond acceptors (Lipinski definition) is 4. The van der Waals surface area contributed by atoms with Crippen molar-refractivity contribution in [3.8, 4) is 0 Å². The molecule has 0 spiro atoms. The van der Waals surface area contributed by atoms with Crippen molar-refractivity contribution in [2.45, 2.75) is 44.6 Å². The fourth-order valence-corrected chi connectivity index (χ4v) is 2.50. The maximum absolute atomic E-state index is 10.6. The molecule has 0 saturated heterocycles. The molecule has 5 N–H and O–H groups in total. The predicted octanol–water partition coefficient (Wildman–Crippen LogP) is 2.12. The van der Waals surface area contributed by atoms with Gasteiger partial charge >= 0.3 is 17.9 Å². The number of hydrogen-bond donors (Lipinski definition) is 4. The Labute approximate surface area is 133 Å². The number of aliphatic carboxylic acids is 1. The average Bonchev–Trinajstić information content (AvgIpc) is 2.48. The van der Waals surface area contributed by atoms with Gasteiger partial charge in [0.1, 0.15) is 5.54 Å². The molecule has 2 rings (SSSR count). The van der Waals surface area contributed by atoms with Crippen LogP contribution in [0.1, 0.15) is 58.4 Å². The Hall–Kier alpha value is -2.41. The van der Waals surface area contributed by atoms with E-state index in [4.69, 9.17) is 21.1 Å². The van der Waals surface area contributed by atoms with E-state index in [1.807, 2.05) is 0 Å². The summed E-state index contributed by atoms with van der Waals surface area (Å²) in [4.78, 5) is 31.8. The van der Waals surface area contributed by atoms with Gasteiger partial charge in [0.05, 0.1) is 11.1 Å². The molecule has 1 saturated carbocycles. The third-order valence-corrected chi connectivity index (χ3v) is 3.97. The van der Waals surface area contributed by atoms with E-state index in [2.05, 4.69) is 0 Å². The van der Waals surface area contributed by atoms with Gasteiger partial charge in [0.15, 0.2) is 0 Å². The van der Waals surface area contributed by atoms with Crippen LogP contribution in [0.15, 0.2) is 18.2 Å². The Kier molecular flexibility index (Phi) is 6.27. The van der Waals surface area contributed by atoms with Gasteiger partial charge in [0.25, 0.3) is 0 Å². The maximum Gasteiger partial charge on any atom is 0.335 e. The lowest BCUT2D eigenvalue weighted by Crippen LogP contribution is -2.49. The van der Waals surface area contributed by atoms with E-state index in [0.717, 1.165) is 19.3 Å². The number of aromatic carboxylic acids is 2. The molecule has 1 aliphatic carbocycles.